The van der Waals surface area contributed by atoms with Crippen molar-refractivity contribution in [3.05, 3.63) is 32.6 Å². The minimum atomic E-state index is -5.08. The van der Waals surface area contributed by atoms with E-state index >= 15 is 0 Å². The van der Waals surface area contributed by atoms with Crippen LogP contribution in [0.15, 0.2) is 16.9 Å². The topological polar surface area (TPSA) is 109 Å². The first-order valence-electron chi connectivity index (χ1n) is 11.9. The summed E-state index contributed by atoms with van der Waals surface area (Å²) in [6.07, 6.45) is -0.439. The van der Waals surface area contributed by atoms with Crippen molar-refractivity contribution in [3.63, 3.8) is 0 Å². The SMILES string of the molecule is CC(C)c1nn(CC(=O)N[C@@H]2CCCN(C3CC3)C2)c(=O)c2cc3cc(Cl)sc3n12.O=C(O)C(F)(F)F. The van der Waals surface area contributed by atoms with E-state index in [4.69, 9.17) is 21.5 Å². The maximum absolute atomic E-state index is 13.1. The summed E-state index contributed by atoms with van der Waals surface area (Å²) < 4.78 is 35.6. The lowest BCUT2D eigenvalue weighted by atomic mass is 10.1. The summed E-state index contributed by atoms with van der Waals surface area (Å²) in [5.74, 6) is -2.07. The van der Waals surface area contributed by atoms with Gasteiger partial charge in [0.15, 0.2) is 0 Å². The Bertz CT molecular complexity index is 1380. The number of fused-ring (bicyclic) bond motifs is 3. The number of hydrogen-bond donors (Lipinski definition) is 2. The minimum absolute atomic E-state index is 0.0609. The molecule has 1 atom stereocenters. The molecule has 2 fully saturated rings. The van der Waals surface area contributed by atoms with E-state index < -0.39 is 12.1 Å². The molecule has 9 nitrogen and oxygen atoms in total. The second kappa shape index (κ2) is 10.6. The number of piperidine rings is 1. The van der Waals surface area contributed by atoms with Crippen molar-refractivity contribution >= 4 is 50.5 Å². The quantitative estimate of drug-likeness (QED) is 0.490. The number of nitrogens with zero attached hydrogens (tertiary/aromatic N) is 4. The summed E-state index contributed by atoms with van der Waals surface area (Å²) in [6, 6.07) is 4.57. The van der Waals surface area contributed by atoms with Gasteiger partial charge in [-0.05, 0) is 44.4 Å². The second-order valence-corrected chi connectivity index (χ2v) is 11.2. The average molecular weight is 562 g/mol. The van der Waals surface area contributed by atoms with Crippen molar-refractivity contribution in [2.45, 2.75) is 70.3 Å². The first kappa shape index (κ1) is 27.4. The number of carboxylic acids is 1. The van der Waals surface area contributed by atoms with E-state index in [2.05, 4.69) is 15.3 Å². The van der Waals surface area contributed by atoms with E-state index in [0.717, 1.165) is 42.0 Å². The fourth-order valence-electron chi connectivity index (χ4n) is 4.48. The molecule has 2 N–H and O–H groups in total. The maximum Gasteiger partial charge on any atom is 0.490 e. The van der Waals surface area contributed by atoms with Gasteiger partial charge in [0.25, 0.3) is 5.56 Å². The summed E-state index contributed by atoms with van der Waals surface area (Å²) >= 11 is 7.60. The molecule has 3 aromatic heterocycles. The Hall–Kier alpha value is -2.64. The largest absolute Gasteiger partial charge is 0.490 e. The van der Waals surface area contributed by atoms with Crippen LogP contribution in [0.3, 0.4) is 0 Å². The summed E-state index contributed by atoms with van der Waals surface area (Å²) in [6.45, 7) is 6.04. The van der Waals surface area contributed by atoms with Gasteiger partial charge in [0.2, 0.25) is 5.91 Å². The Morgan fingerprint density at radius 1 is 1.27 bits per heavy atom. The molecule has 0 radical (unpaired) electrons. The van der Waals surface area contributed by atoms with Crippen molar-refractivity contribution in [2.75, 3.05) is 13.1 Å². The standard InChI is InChI=1S/C21H26ClN5O2S.C2HF3O2/c1-12(2)19-24-26(20(29)16-8-13-9-17(22)30-21(13)27(16)19)11-18(28)23-14-4-3-7-25(10-14)15-5-6-15;3-2(4,5)1(6)7/h8-9,12,14-15H,3-7,10-11H2,1-2H3,(H,23,28);(H,6,7)/t14-;/m1./s1. The number of amides is 1. The lowest BCUT2D eigenvalue weighted by molar-refractivity contribution is -0.192. The Morgan fingerprint density at radius 2 is 1.95 bits per heavy atom. The van der Waals surface area contributed by atoms with Gasteiger partial charge in [0, 0.05) is 29.9 Å². The predicted molar refractivity (Wildman–Crippen MR) is 133 cm³/mol. The van der Waals surface area contributed by atoms with E-state index in [1.54, 1.807) is 0 Å². The fraction of sp³-hybridized carbons (Fsp3) is 0.565. The molecule has 1 aliphatic carbocycles. The number of carbonyl (C=O) groups is 2. The summed E-state index contributed by atoms with van der Waals surface area (Å²) in [5.41, 5.74) is 0.286. The van der Waals surface area contributed by atoms with Crippen LogP contribution in [0.1, 0.15) is 51.3 Å². The van der Waals surface area contributed by atoms with Crippen molar-refractivity contribution in [1.82, 2.24) is 24.4 Å². The van der Waals surface area contributed by atoms with Crippen LogP contribution in [-0.2, 0) is 16.1 Å². The molecule has 4 heterocycles. The molecule has 37 heavy (non-hydrogen) atoms. The summed E-state index contributed by atoms with van der Waals surface area (Å²) in [4.78, 5) is 38.2. The number of thiophene rings is 1. The van der Waals surface area contributed by atoms with E-state index in [9.17, 15) is 22.8 Å². The molecule has 1 amide bonds. The van der Waals surface area contributed by atoms with Crippen molar-refractivity contribution in [3.8, 4) is 0 Å². The molecule has 2 aliphatic rings. The van der Waals surface area contributed by atoms with E-state index in [0.29, 0.717) is 15.9 Å². The van der Waals surface area contributed by atoms with E-state index in [1.165, 1.54) is 28.9 Å². The number of halogens is 4. The van der Waals surface area contributed by atoms with Crippen LogP contribution in [0.25, 0.3) is 15.7 Å². The third-order valence-corrected chi connectivity index (χ3v) is 7.55. The molecule has 0 aromatic carbocycles. The third-order valence-electron chi connectivity index (χ3n) is 6.29. The van der Waals surface area contributed by atoms with Crippen LogP contribution >= 0.6 is 22.9 Å². The fourth-order valence-corrected chi connectivity index (χ4v) is 5.71. The predicted octanol–water partition coefficient (Wildman–Crippen LogP) is 3.86. The number of rotatable bonds is 5. The second-order valence-electron chi connectivity index (χ2n) is 9.59. The molecule has 0 spiro atoms. The zero-order chi connectivity index (χ0) is 27.1. The minimum Gasteiger partial charge on any atom is -0.475 e. The van der Waals surface area contributed by atoms with E-state index in [-0.39, 0.29) is 30.0 Å². The van der Waals surface area contributed by atoms with Gasteiger partial charge in [0.1, 0.15) is 22.7 Å². The smallest absolute Gasteiger partial charge is 0.475 e. The molecule has 0 unspecified atom stereocenters. The molecule has 14 heteroatoms. The highest BCUT2D eigenvalue weighted by Gasteiger charge is 2.38. The van der Waals surface area contributed by atoms with Crippen molar-refractivity contribution in [2.24, 2.45) is 0 Å². The van der Waals surface area contributed by atoms with Crippen LogP contribution in [0.4, 0.5) is 13.2 Å². The monoisotopic (exact) mass is 561 g/mol. The van der Waals surface area contributed by atoms with Gasteiger partial charge in [-0.2, -0.15) is 18.3 Å². The van der Waals surface area contributed by atoms with Crippen LogP contribution < -0.4 is 10.9 Å². The Labute approximate surface area is 218 Å². The molecule has 5 rings (SSSR count). The van der Waals surface area contributed by atoms with Gasteiger partial charge >= 0.3 is 12.1 Å². The summed E-state index contributed by atoms with van der Waals surface area (Å²) in [7, 11) is 0. The maximum atomic E-state index is 13.1. The highest BCUT2D eigenvalue weighted by molar-refractivity contribution is 7.22. The first-order chi connectivity index (χ1) is 17.3. The number of carbonyl (C=O) groups excluding carboxylic acids is 1. The molecule has 1 saturated carbocycles. The molecule has 0 bridgehead atoms. The number of hydrogen-bond acceptors (Lipinski definition) is 6. The number of carboxylic acid groups (broad SMARTS) is 1. The third kappa shape index (κ3) is 6.27. The van der Waals surface area contributed by atoms with Crippen LogP contribution in [-0.4, -0.2) is 67.4 Å². The molecule has 1 saturated heterocycles. The molecular weight excluding hydrogens is 535 g/mol. The zero-order valence-corrected chi connectivity index (χ0v) is 21.8. The van der Waals surface area contributed by atoms with Crippen LogP contribution in [0, 0.1) is 0 Å². The number of aliphatic carboxylic acids is 1. The number of alkyl halides is 3. The molecule has 3 aromatic rings. The Kier molecular flexibility index (Phi) is 7.86. The first-order valence-corrected chi connectivity index (χ1v) is 13.1. The highest BCUT2D eigenvalue weighted by Crippen LogP contribution is 2.33. The zero-order valence-electron chi connectivity index (χ0n) is 20.2. The Balaban J connectivity index is 0.000000405. The van der Waals surface area contributed by atoms with Gasteiger partial charge in [-0.1, -0.05) is 25.4 Å². The molecule has 1 aliphatic heterocycles. The number of likely N-dealkylation sites (tertiary alicyclic amines) is 1. The van der Waals surface area contributed by atoms with Crippen LogP contribution in [0.2, 0.25) is 4.34 Å². The lowest BCUT2D eigenvalue weighted by Gasteiger charge is -2.33. The van der Waals surface area contributed by atoms with Crippen LogP contribution in [0.5, 0.6) is 0 Å². The number of aromatic nitrogens is 3. The van der Waals surface area contributed by atoms with Gasteiger partial charge in [-0.15, -0.1) is 11.3 Å². The summed E-state index contributed by atoms with van der Waals surface area (Å²) in [5, 5.41) is 15.8. The average Bonchev–Trinajstić information content (AvgIpc) is 3.51. The van der Waals surface area contributed by atoms with Crippen molar-refractivity contribution < 1.29 is 27.9 Å². The van der Waals surface area contributed by atoms with Gasteiger partial charge in [0.05, 0.1) is 4.34 Å². The van der Waals surface area contributed by atoms with Crippen molar-refractivity contribution in [1.29, 1.82) is 0 Å². The lowest BCUT2D eigenvalue weighted by Crippen LogP contribution is -2.49. The number of nitrogens with one attached hydrogen (secondary N) is 1. The Morgan fingerprint density at radius 3 is 2.54 bits per heavy atom. The molecule has 202 valence electrons. The van der Waals surface area contributed by atoms with E-state index in [1.807, 2.05) is 30.4 Å². The normalized spacial score (nSPS) is 18.7. The molecular formula is C23H27ClF3N5O4S. The van der Waals surface area contributed by atoms with Gasteiger partial charge in [-0.3, -0.25) is 18.9 Å². The van der Waals surface area contributed by atoms with Gasteiger partial charge in [-0.25, -0.2) is 9.48 Å². The van der Waals surface area contributed by atoms with Gasteiger partial charge < -0.3 is 10.4 Å². The highest BCUT2D eigenvalue weighted by atomic mass is 35.5.